The topological polar surface area (TPSA) is 43.2 Å². The van der Waals surface area contributed by atoms with E-state index in [1.165, 1.54) is 64.2 Å². The van der Waals surface area contributed by atoms with E-state index in [0.717, 1.165) is 73.6 Å². The monoisotopic (exact) mass is 762 g/mol. The van der Waals surface area contributed by atoms with E-state index >= 15 is 0 Å². The van der Waals surface area contributed by atoms with Gasteiger partial charge in [-0.3, -0.25) is 0 Å². The van der Waals surface area contributed by atoms with Crippen molar-refractivity contribution in [3.63, 3.8) is 0 Å². The summed E-state index contributed by atoms with van der Waals surface area (Å²) in [4.78, 5) is 0. The Bertz CT molecular complexity index is 3720. The SMILES string of the molecule is CC(C)(C)c1ccc(Nc2cc3oc4ccccc4c3cc2-c2ccc3c4cc5c(cc4n4c3c2Bc2cc3c(cc2-4)sc2ccccc23)oc2ccccc25)cc1. The number of fused-ring (bicyclic) bond motifs is 14. The van der Waals surface area contributed by atoms with E-state index in [1.54, 1.807) is 0 Å². The summed E-state index contributed by atoms with van der Waals surface area (Å²) in [5.41, 5.74) is 15.7. The summed E-state index contributed by atoms with van der Waals surface area (Å²) in [6.45, 7) is 6.77. The lowest BCUT2D eigenvalue weighted by Crippen LogP contribution is -2.37. The van der Waals surface area contributed by atoms with Gasteiger partial charge in [0.05, 0.1) is 11.2 Å². The summed E-state index contributed by atoms with van der Waals surface area (Å²) in [6.07, 6.45) is 0. The number of hydrogen-bond acceptors (Lipinski definition) is 4. The molecule has 0 spiro atoms. The highest BCUT2D eigenvalue weighted by Gasteiger charge is 2.29. The Balaban J connectivity index is 1.12. The van der Waals surface area contributed by atoms with Gasteiger partial charge in [0.25, 0.3) is 0 Å². The number of nitrogens with zero attached hydrogens (tertiary/aromatic N) is 1. The number of nitrogens with one attached hydrogen (secondary N) is 1. The van der Waals surface area contributed by atoms with Gasteiger partial charge in [-0.25, -0.2) is 0 Å². The Hall–Kier alpha value is -6.76. The van der Waals surface area contributed by atoms with Gasteiger partial charge < -0.3 is 18.7 Å². The van der Waals surface area contributed by atoms with Crippen molar-refractivity contribution in [2.24, 2.45) is 0 Å². The highest BCUT2D eigenvalue weighted by molar-refractivity contribution is 7.25. The van der Waals surface area contributed by atoms with Crippen molar-refractivity contribution in [2.75, 3.05) is 5.32 Å². The standard InChI is InChI=1S/C52H35BN2O2S/c1-52(2,3)28-16-18-29(19-17-28)54-41-25-46-37(30-10-4-7-13-44(30)56-46)22-35(41)33-20-21-34-36-23-38-31-11-5-8-14-45(31)57-47(38)26-42(36)55-43-27-49-39(24-40(43)53-50(33)51(34)55)32-12-6-9-15-48(32)58-49/h4-27,53-54H,1-3H3. The second kappa shape index (κ2) is 11.4. The molecular formula is C52H35BN2O2S. The second-order valence-corrected chi connectivity index (χ2v) is 18.1. The van der Waals surface area contributed by atoms with Gasteiger partial charge in [0.1, 0.15) is 22.3 Å². The van der Waals surface area contributed by atoms with Crippen molar-refractivity contribution in [2.45, 2.75) is 26.2 Å². The van der Waals surface area contributed by atoms with Crippen LogP contribution in [0.4, 0.5) is 11.4 Å². The van der Waals surface area contributed by atoms with Gasteiger partial charge in [-0.05, 0) is 75.9 Å². The van der Waals surface area contributed by atoms with Crippen molar-refractivity contribution < 1.29 is 8.83 Å². The minimum Gasteiger partial charge on any atom is -0.456 e. The molecule has 5 heterocycles. The summed E-state index contributed by atoms with van der Waals surface area (Å²) < 4.78 is 18.2. The van der Waals surface area contributed by atoms with Gasteiger partial charge in [-0.15, -0.1) is 11.3 Å². The van der Waals surface area contributed by atoms with Crippen molar-refractivity contribution in [1.29, 1.82) is 0 Å². The predicted octanol–water partition coefficient (Wildman–Crippen LogP) is 13.4. The Labute approximate surface area is 338 Å². The molecule has 1 aliphatic rings. The Morgan fingerprint density at radius 1 is 0.534 bits per heavy atom. The molecule has 0 fully saturated rings. The lowest BCUT2D eigenvalue weighted by atomic mass is 9.59. The van der Waals surface area contributed by atoms with E-state index in [2.05, 4.69) is 164 Å². The average molecular weight is 763 g/mol. The molecule has 274 valence electrons. The Kier molecular flexibility index (Phi) is 6.37. The van der Waals surface area contributed by atoms with Crippen LogP contribution in [-0.2, 0) is 5.41 Å². The molecule has 58 heavy (non-hydrogen) atoms. The lowest BCUT2D eigenvalue weighted by Gasteiger charge is -2.24. The maximum absolute atomic E-state index is 6.53. The molecule has 0 unspecified atom stereocenters. The van der Waals surface area contributed by atoms with Gasteiger partial charge in [0, 0.05) is 81.7 Å². The third-order valence-electron chi connectivity index (χ3n) is 12.6. The first-order valence-electron chi connectivity index (χ1n) is 20.0. The molecule has 4 aromatic heterocycles. The Morgan fingerprint density at radius 3 is 1.98 bits per heavy atom. The number of anilines is 2. The fourth-order valence-electron chi connectivity index (χ4n) is 9.72. The zero-order valence-corrected chi connectivity index (χ0v) is 33.1. The summed E-state index contributed by atoms with van der Waals surface area (Å²) in [5, 5.41) is 13.5. The van der Waals surface area contributed by atoms with Crippen molar-refractivity contribution >= 4 is 127 Å². The average Bonchev–Trinajstić information content (AvgIpc) is 3.98. The molecule has 0 atom stereocenters. The molecule has 1 aliphatic heterocycles. The molecule has 0 bridgehead atoms. The van der Waals surface area contributed by atoms with Crippen LogP contribution in [0.25, 0.3) is 103 Å². The maximum Gasteiger partial charge on any atom is 0.198 e. The number of aromatic nitrogens is 1. The molecular weight excluding hydrogens is 727 g/mol. The first-order valence-corrected chi connectivity index (χ1v) is 20.8. The fraction of sp³-hybridized carbons (Fsp3) is 0.0769. The molecule has 0 aliphatic carbocycles. The number of thiophene rings is 1. The van der Waals surface area contributed by atoms with E-state index in [9.17, 15) is 0 Å². The predicted molar refractivity (Wildman–Crippen MR) is 249 cm³/mol. The molecule has 4 nitrogen and oxygen atoms in total. The number of rotatable bonds is 3. The molecule has 12 aromatic rings. The van der Waals surface area contributed by atoms with Crippen molar-refractivity contribution in [1.82, 2.24) is 4.57 Å². The summed E-state index contributed by atoms with van der Waals surface area (Å²) >= 11 is 1.88. The van der Waals surface area contributed by atoms with Crippen LogP contribution < -0.4 is 16.2 Å². The number of furan rings is 2. The lowest BCUT2D eigenvalue weighted by molar-refractivity contribution is 0.590. The molecule has 0 saturated carbocycles. The zero-order valence-electron chi connectivity index (χ0n) is 32.2. The molecule has 8 aromatic carbocycles. The van der Waals surface area contributed by atoms with E-state index in [4.69, 9.17) is 8.83 Å². The molecule has 0 saturated heterocycles. The van der Waals surface area contributed by atoms with Crippen LogP contribution >= 0.6 is 11.3 Å². The molecule has 0 amide bonds. The second-order valence-electron chi connectivity index (χ2n) is 17.0. The first-order chi connectivity index (χ1) is 28.3. The van der Waals surface area contributed by atoms with Gasteiger partial charge >= 0.3 is 0 Å². The smallest absolute Gasteiger partial charge is 0.198 e. The summed E-state index contributed by atoms with van der Waals surface area (Å²) in [5.74, 6) is 0. The summed E-state index contributed by atoms with van der Waals surface area (Å²) in [7, 11) is 0.807. The van der Waals surface area contributed by atoms with Gasteiger partial charge in [-0.1, -0.05) is 111 Å². The molecule has 1 N–H and O–H groups in total. The van der Waals surface area contributed by atoms with E-state index in [1.807, 2.05) is 23.5 Å². The maximum atomic E-state index is 6.53. The minimum atomic E-state index is 0.0697. The summed E-state index contributed by atoms with van der Waals surface area (Å²) in [6, 6.07) is 53.2. The van der Waals surface area contributed by atoms with Gasteiger partial charge in [-0.2, -0.15) is 0 Å². The van der Waals surface area contributed by atoms with Gasteiger partial charge in [0.2, 0.25) is 0 Å². The van der Waals surface area contributed by atoms with Crippen LogP contribution in [0.5, 0.6) is 0 Å². The molecule has 0 radical (unpaired) electrons. The number of para-hydroxylation sites is 2. The van der Waals surface area contributed by atoms with Crippen LogP contribution in [0.3, 0.4) is 0 Å². The largest absolute Gasteiger partial charge is 0.456 e. The number of hydrogen-bond donors (Lipinski definition) is 1. The van der Waals surface area contributed by atoms with E-state index < -0.39 is 0 Å². The van der Waals surface area contributed by atoms with Crippen LogP contribution in [0.1, 0.15) is 26.3 Å². The Morgan fingerprint density at radius 2 is 1.22 bits per heavy atom. The quantitative estimate of drug-likeness (QED) is 0.182. The van der Waals surface area contributed by atoms with Crippen LogP contribution in [0.2, 0.25) is 0 Å². The number of benzene rings is 8. The highest BCUT2D eigenvalue weighted by Crippen LogP contribution is 2.44. The van der Waals surface area contributed by atoms with Crippen molar-refractivity contribution in [3.05, 3.63) is 151 Å². The molecule has 13 rings (SSSR count). The third kappa shape index (κ3) is 4.52. The van der Waals surface area contributed by atoms with Crippen LogP contribution in [0, 0.1) is 0 Å². The minimum absolute atomic E-state index is 0.0697. The highest BCUT2D eigenvalue weighted by atomic mass is 32.1. The van der Waals surface area contributed by atoms with Gasteiger partial charge in [0.15, 0.2) is 7.28 Å². The fourth-order valence-corrected chi connectivity index (χ4v) is 10.8. The van der Waals surface area contributed by atoms with Crippen LogP contribution in [-0.4, -0.2) is 11.8 Å². The normalized spacial score (nSPS) is 12.9. The zero-order chi connectivity index (χ0) is 38.4. The van der Waals surface area contributed by atoms with E-state index in [-0.39, 0.29) is 5.41 Å². The molecule has 6 heteroatoms. The third-order valence-corrected chi connectivity index (χ3v) is 13.7. The van der Waals surface area contributed by atoms with Crippen LogP contribution in [0.15, 0.2) is 154 Å². The first kappa shape index (κ1) is 32.3. The van der Waals surface area contributed by atoms with E-state index in [0.29, 0.717) is 0 Å². The van der Waals surface area contributed by atoms with Crippen molar-refractivity contribution in [3.8, 4) is 16.8 Å².